The maximum Gasteiger partial charge on any atom is 0.411 e. The number of carbonyl (C=O) groups excluding carboxylic acids is 1. The van der Waals surface area contributed by atoms with Crippen LogP contribution in [-0.2, 0) is 16.0 Å². The van der Waals surface area contributed by atoms with E-state index in [9.17, 15) is 4.79 Å². The van der Waals surface area contributed by atoms with Crippen LogP contribution in [0, 0.1) is 0 Å². The number of rotatable bonds is 9. The number of anilines is 1. The largest absolute Gasteiger partial charge is 0.453 e. The van der Waals surface area contributed by atoms with E-state index in [0.29, 0.717) is 12.2 Å². The average molecular weight is 336 g/mol. The maximum absolute atomic E-state index is 11.1. The van der Waals surface area contributed by atoms with E-state index in [0.717, 1.165) is 44.1 Å². The van der Waals surface area contributed by atoms with Gasteiger partial charge in [0.1, 0.15) is 0 Å². The van der Waals surface area contributed by atoms with Gasteiger partial charge in [-0.15, -0.1) is 0 Å². The van der Waals surface area contributed by atoms with Crippen LogP contribution in [0.5, 0.6) is 0 Å². The first-order valence-electron chi connectivity index (χ1n) is 8.15. The molecule has 0 unspecified atom stereocenters. The Labute approximate surface area is 143 Å². The van der Waals surface area contributed by atoms with Gasteiger partial charge in [-0.25, -0.2) is 4.79 Å². The summed E-state index contributed by atoms with van der Waals surface area (Å²) >= 11 is 0. The minimum absolute atomic E-state index is 0.477. The van der Waals surface area contributed by atoms with Crippen LogP contribution in [-0.4, -0.2) is 46.0 Å². The number of nitrogens with zero attached hydrogens (tertiary/aromatic N) is 1. The summed E-state index contributed by atoms with van der Waals surface area (Å²) in [6, 6.07) is 7.54. The molecule has 7 heteroatoms. The zero-order chi connectivity index (χ0) is 17.6. The number of amides is 1. The van der Waals surface area contributed by atoms with Gasteiger partial charge in [-0.1, -0.05) is 12.1 Å². The molecule has 0 saturated carbocycles. The molecule has 3 N–H and O–H groups in total. The predicted molar refractivity (Wildman–Crippen MR) is 96.4 cm³/mol. The molecule has 0 aromatic heterocycles. The number of methoxy groups -OCH3 is 1. The van der Waals surface area contributed by atoms with Crippen molar-refractivity contribution in [1.82, 2.24) is 10.6 Å². The first-order chi connectivity index (χ1) is 11.7. The fourth-order valence-electron chi connectivity index (χ4n) is 1.96. The van der Waals surface area contributed by atoms with Gasteiger partial charge in [0.2, 0.25) is 0 Å². The number of nitrogens with one attached hydrogen (secondary N) is 3. The Morgan fingerprint density at radius 2 is 1.92 bits per heavy atom. The number of unbranched alkanes of at least 4 members (excludes halogenated alkanes) is 1. The van der Waals surface area contributed by atoms with Crippen LogP contribution < -0.4 is 16.0 Å². The van der Waals surface area contributed by atoms with Crippen LogP contribution in [0.3, 0.4) is 0 Å². The van der Waals surface area contributed by atoms with E-state index in [1.165, 1.54) is 7.11 Å². The molecule has 24 heavy (non-hydrogen) atoms. The fourth-order valence-corrected chi connectivity index (χ4v) is 1.96. The second kappa shape index (κ2) is 12.2. The van der Waals surface area contributed by atoms with E-state index in [4.69, 9.17) is 4.74 Å². The molecule has 0 spiro atoms. The van der Waals surface area contributed by atoms with E-state index >= 15 is 0 Å². The Hall–Kier alpha value is -2.28. The van der Waals surface area contributed by atoms with Gasteiger partial charge >= 0.3 is 6.09 Å². The molecule has 7 nitrogen and oxygen atoms in total. The zero-order valence-corrected chi connectivity index (χ0v) is 14.7. The zero-order valence-electron chi connectivity index (χ0n) is 14.7. The molecule has 0 radical (unpaired) electrons. The molecule has 0 saturated heterocycles. The lowest BCUT2D eigenvalue weighted by atomic mass is 10.2. The molecule has 0 aliphatic carbocycles. The Kier molecular flexibility index (Phi) is 10.0. The molecule has 0 aliphatic rings. The standard InChI is InChI=1S/C17H28N4O3/c1-4-24-12-6-5-11-19-16(18-2)20-13-14-7-9-15(10-8-14)21-17(22)23-3/h7-10H,4-6,11-13H2,1-3H3,(H,21,22)(H2,18,19,20). The van der Waals surface area contributed by atoms with Crippen molar-refractivity contribution in [3.8, 4) is 0 Å². The quantitative estimate of drug-likeness (QED) is 0.366. The topological polar surface area (TPSA) is 84.0 Å². The summed E-state index contributed by atoms with van der Waals surface area (Å²) in [4.78, 5) is 15.3. The third kappa shape index (κ3) is 8.38. The lowest BCUT2D eigenvalue weighted by molar-refractivity contribution is 0.143. The van der Waals surface area contributed by atoms with Gasteiger partial charge < -0.3 is 20.1 Å². The minimum atomic E-state index is -0.477. The Bertz CT molecular complexity index is 503. The van der Waals surface area contributed by atoms with Crippen molar-refractivity contribution >= 4 is 17.7 Å². The van der Waals surface area contributed by atoms with E-state index in [2.05, 4.69) is 25.7 Å². The summed E-state index contributed by atoms with van der Waals surface area (Å²) in [6.45, 7) is 5.08. The average Bonchev–Trinajstić information content (AvgIpc) is 2.61. The highest BCUT2D eigenvalue weighted by molar-refractivity contribution is 5.84. The lowest BCUT2D eigenvalue weighted by Crippen LogP contribution is -2.37. The van der Waals surface area contributed by atoms with Gasteiger partial charge in [-0.05, 0) is 37.5 Å². The number of benzene rings is 1. The van der Waals surface area contributed by atoms with Crippen LogP contribution in [0.4, 0.5) is 10.5 Å². The van der Waals surface area contributed by atoms with Crippen LogP contribution in [0.25, 0.3) is 0 Å². The fraction of sp³-hybridized carbons (Fsp3) is 0.529. The van der Waals surface area contributed by atoms with Crippen molar-refractivity contribution < 1.29 is 14.3 Å². The molecular formula is C17H28N4O3. The van der Waals surface area contributed by atoms with Crippen molar-refractivity contribution in [2.75, 3.05) is 39.2 Å². The number of ether oxygens (including phenoxy) is 2. The number of carbonyl (C=O) groups is 1. The summed E-state index contributed by atoms with van der Waals surface area (Å²) in [5, 5.41) is 9.14. The molecular weight excluding hydrogens is 308 g/mol. The monoisotopic (exact) mass is 336 g/mol. The molecule has 1 aromatic rings. The predicted octanol–water partition coefficient (Wildman–Crippen LogP) is 2.35. The van der Waals surface area contributed by atoms with Gasteiger partial charge in [0.15, 0.2) is 5.96 Å². The highest BCUT2D eigenvalue weighted by atomic mass is 16.5. The molecule has 1 amide bonds. The highest BCUT2D eigenvalue weighted by Crippen LogP contribution is 2.09. The summed E-state index contributed by atoms with van der Waals surface area (Å²) < 4.78 is 9.86. The third-order valence-corrected chi connectivity index (χ3v) is 3.28. The minimum Gasteiger partial charge on any atom is -0.453 e. The molecule has 1 aromatic carbocycles. The molecule has 134 valence electrons. The van der Waals surface area contributed by atoms with E-state index in [-0.39, 0.29) is 0 Å². The lowest BCUT2D eigenvalue weighted by Gasteiger charge is -2.12. The van der Waals surface area contributed by atoms with Gasteiger partial charge in [-0.2, -0.15) is 0 Å². The smallest absolute Gasteiger partial charge is 0.411 e. The molecule has 0 heterocycles. The number of hydrogen-bond acceptors (Lipinski definition) is 4. The first kappa shape index (κ1) is 19.8. The van der Waals surface area contributed by atoms with Crippen LogP contribution in [0.2, 0.25) is 0 Å². The maximum atomic E-state index is 11.1. The number of aliphatic imine (C=N–C) groups is 1. The van der Waals surface area contributed by atoms with Crippen molar-refractivity contribution in [2.24, 2.45) is 4.99 Å². The van der Waals surface area contributed by atoms with E-state index in [1.54, 1.807) is 7.05 Å². The van der Waals surface area contributed by atoms with Crippen LogP contribution >= 0.6 is 0 Å². The highest BCUT2D eigenvalue weighted by Gasteiger charge is 2.01. The second-order valence-electron chi connectivity index (χ2n) is 5.07. The van der Waals surface area contributed by atoms with Gasteiger partial charge in [0.25, 0.3) is 0 Å². The van der Waals surface area contributed by atoms with Gasteiger partial charge in [-0.3, -0.25) is 10.3 Å². The van der Waals surface area contributed by atoms with Crippen molar-refractivity contribution in [2.45, 2.75) is 26.3 Å². The summed E-state index contributed by atoms with van der Waals surface area (Å²) in [5.74, 6) is 0.767. The summed E-state index contributed by atoms with van der Waals surface area (Å²) in [7, 11) is 3.09. The molecule has 0 atom stereocenters. The normalized spacial score (nSPS) is 11.0. The SMILES string of the molecule is CCOCCCCNC(=NC)NCc1ccc(NC(=O)OC)cc1. The molecule has 1 rings (SSSR count). The molecule has 0 fully saturated rings. The molecule has 0 aliphatic heterocycles. The van der Waals surface area contributed by atoms with Crippen molar-refractivity contribution in [3.05, 3.63) is 29.8 Å². The Morgan fingerprint density at radius 3 is 2.54 bits per heavy atom. The summed E-state index contributed by atoms with van der Waals surface area (Å²) in [5.41, 5.74) is 1.78. The summed E-state index contributed by atoms with van der Waals surface area (Å²) in [6.07, 6.45) is 1.59. The Morgan fingerprint density at radius 1 is 1.17 bits per heavy atom. The van der Waals surface area contributed by atoms with Crippen molar-refractivity contribution in [3.63, 3.8) is 0 Å². The van der Waals surface area contributed by atoms with Crippen LogP contribution in [0.1, 0.15) is 25.3 Å². The van der Waals surface area contributed by atoms with E-state index in [1.807, 2.05) is 31.2 Å². The third-order valence-electron chi connectivity index (χ3n) is 3.28. The number of hydrogen-bond donors (Lipinski definition) is 3. The first-order valence-corrected chi connectivity index (χ1v) is 8.15. The van der Waals surface area contributed by atoms with E-state index < -0.39 is 6.09 Å². The van der Waals surface area contributed by atoms with Crippen molar-refractivity contribution in [1.29, 1.82) is 0 Å². The van der Waals surface area contributed by atoms with Gasteiger partial charge in [0, 0.05) is 39.0 Å². The molecule has 0 bridgehead atoms. The number of guanidine groups is 1. The Balaban J connectivity index is 2.29. The van der Waals surface area contributed by atoms with Crippen LogP contribution in [0.15, 0.2) is 29.3 Å². The second-order valence-corrected chi connectivity index (χ2v) is 5.07. The van der Waals surface area contributed by atoms with Gasteiger partial charge in [0.05, 0.1) is 7.11 Å².